The van der Waals surface area contributed by atoms with Crippen LogP contribution in [0.2, 0.25) is 0 Å². The summed E-state index contributed by atoms with van der Waals surface area (Å²) in [6.45, 7) is 1.70. The fourth-order valence-corrected chi connectivity index (χ4v) is 13.7. The van der Waals surface area contributed by atoms with Crippen molar-refractivity contribution in [3.8, 4) is 0 Å². The minimum Gasteiger partial charge on any atom is -0.394 e. The van der Waals surface area contributed by atoms with Gasteiger partial charge in [0.15, 0.2) is 18.9 Å². The molecule has 612 valence electrons. The molecule has 1 amide bonds. The summed E-state index contributed by atoms with van der Waals surface area (Å²) in [6.07, 6.45) is 64.5. The Bertz CT molecular complexity index is 2340. The maximum absolute atomic E-state index is 13.5. The summed E-state index contributed by atoms with van der Waals surface area (Å²) in [7, 11) is 0. The smallest absolute Gasteiger partial charge is 0.220 e. The Morgan fingerprint density at radius 1 is 0.349 bits per heavy atom. The van der Waals surface area contributed by atoms with E-state index in [9.17, 15) is 61.0 Å². The zero-order valence-electron chi connectivity index (χ0n) is 65.6. The number of carbonyl (C=O) groups excluding carboxylic acids is 1. The molecule has 0 aromatic carbocycles. The molecule has 3 heterocycles. The van der Waals surface area contributed by atoms with Gasteiger partial charge in [-0.25, -0.2) is 0 Å². The van der Waals surface area contributed by atoms with Gasteiger partial charge in [-0.2, -0.15) is 0 Å². The lowest BCUT2D eigenvalue weighted by Gasteiger charge is -2.48. The number of aliphatic hydroxyl groups is 11. The van der Waals surface area contributed by atoms with Crippen LogP contribution in [0.4, 0.5) is 0 Å². The van der Waals surface area contributed by atoms with Crippen LogP contribution in [0.1, 0.15) is 303 Å². The molecule has 3 fully saturated rings. The summed E-state index contributed by atoms with van der Waals surface area (Å²) in [5, 5.41) is 121. The highest BCUT2D eigenvalue weighted by molar-refractivity contribution is 5.76. The van der Waals surface area contributed by atoms with Gasteiger partial charge < -0.3 is 89.9 Å². The van der Waals surface area contributed by atoms with Gasteiger partial charge >= 0.3 is 0 Å². The fraction of sp³-hybridized carbons (Fsp3) is 0.782. The minimum atomic E-state index is -1.98. The highest BCUT2D eigenvalue weighted by atomic mass is 16.8. The lowest BCUT2D eigenvalue weighted by molar-refractivity contribution is -0.379. The molecule has 0 spiro atoms. The zero-order valence-corrected chi connectivity index (χ0v) is 65.6. The number of allylic oxidation sites excluding steroid dienone is 18. The molecule has 17 unspecified atom stereocenters. The summed E-state index contributed by atoms with van der Waals surface area (Å²) in [4.78, 5) is 13.5. The third-order valence-electron chi connectivity index (χ3n) is 20.4. The Labute approximate surface area is 640 Å². The molecule has 0 saturated carbocycles. The van der Waals surface area contributed by atoms with Crippen molar-refractivity contribution in [3.05, 3.63) is 109 Å². The van der Waals surface area contributed by atoms with E-state index in [-0.39, 0.29) is 18.9 Å². The topological polar surface area (TPSA) is 307 Å². The van der Waals surface area contributed by atoms with Gasteiger partial charge in [-0.05, 0) is 83.5 Å². The molecule has 19 heteroatoms. The van der Waals surface area contributed by atoms with E-state index < -0.39 is 124 Å². The maximum Gasteiger partial charge on any atom is 0.220 e. The average Bonchev–Trinajstić information content (AvgIpc) is 0.781. The average molecular weight is 1500 g/mol. The van der Waals surface area contributed by atoms with Gasteiger partial charge in [-0.15, -0.1) is 0 Å². The molecule has 0 aliphatic carbocycles. The molecule has 12 N–H and O–H groups in total. The SMILES string of the molecule is CC/C=C\C/C=C\C/C=C\C/C=C\C/C=C\C/C=C\C/C=C\C/C=C\C/C=C\CCCCCCCC(=O)NC(COC1OC(CO)C(OC2OC(CO)C(OC3OC(CO)C(O)C(O)C3O)C(O)C2O)C(O)C1O)C(O)CCCCCCCCCCCCCCCCCCCCCCCCCCCCCC. The van der Waals surface area contributed by atoms with Gasteiger partial charge in [-0.1, -0.05) is 322 Å². The van der Waals surface area contributed by atoms with Crippen molar-refractivity contribution in [1.82, 2.24) is 5.32 Å². The van der Waals surface area contributed by atoms with Crippen LogP contribution in [0.25, 0.3) is 0 Å². The number of unbranched alkanes of at least 4 members (excludes halogenated alkanes) is 32. The largest absolute Gasteiger partial charge is 0.394 e. The quantitative estimate of drug-likeness (QED) is 0.0199. The Kier molecular flexibility index (Phi) is 60.3. The first-order valence-corrected chi connectivity index (χ1v) is 42.1. The second-order valence-corrected chi connectivity index (χ2v) is 29.6. The molecular weight excluding hydrogens is 1350 g/mol. The summed E-state index contributed by atoms with van der Waals surface area (Å²) >= 11 is 0. The van der Waals surface area contributed by atoms with Gasteiger partial charge in [0.2, 0.25) is 5.91 Å². The van der Waals surface area contributed by atoms with E-state index >= 15 is 0 Å². The number of aliphatic hydroxyl groups excluding tert-OH is 11. The highest BCUT2D eigenvalue weighted by Gasteiger charge is 2.54. The molecule has 0 bridgehead atoms. The second-order valence-electron chi connectivity index (χ2n) is 29.6. The molecular formula is C87H151NO18. The number of amides is 1. The van der Waals surface area contributed by atoms with E-state index in [2.05, 4.69) is 129 Å². The van der Waals surface area contributed by atoms with Crippen LogP contribution in [0.5, 0.6) is 0 Å². The van der Waals surface area contributed by atoms with E-state index in [0.29, 0.717) is 12.8 Å². The van der Waals surface area contributed by atoms with Crippen LogP contribution in [-0.4, -0.2) is 193 Å². The highest BCUT2D eigenvalue weighted by Crippen LogP contribution is 2.33. The first-order valence-electron chi connectivity index (χ1n) is 42.1. The van der Waals surface area contributed by atoms with Crippen molar-refractivity contribution >= 4 is 5.91 Å². The molecule has 3 aliphatic heterocycles. The Balaban J connectivity index is 1.37. The van der Waals surface area contributed by atoms with E-state index in [1.54, 1.807) is 0 Å². The number of nitrogens with one attached hydrogen (secondary N) is 1. The molecule has 3 saturated heterocycles. The van der Waals surface area contributed by atoms with Crippen LogP contribution in [0, 0.1) is 0 Å². The van der Waals surface area contributed by atoms with E-state index in [0.717, 1.165) is 116 Å². The van der Waals surface area contributed by atoms with Crippen molar-refractivity contribution in [1.29, 1.82) is 0 Å². The summed E-state index contributed by atoms with van der Waals surface area (Å²) in [5.41, 5.74) is 0. The summed E-state index contributed by atoms with van der Waals surface area (Å²) < 4.78 is 34.5. The van der Waals surface area contributed by atoms with Crippen molar-refractivity contribution in [2.45, 2.75) is 407 Å². The second kappa shape index (κ2) is 66.1. The van der Waals surface area contributed by atoms with Crippen LogP contribution < -0.4 is 5.32 Å². The first-order chi connectivity index (χ1) is 51.8. The third-order valence-corrected chi connectivity index (χ3v) is 20.4. The van der Waals surface area contributed by atoms with Gasteiger partial charge in [0, 0.05) is 6.42 Å². The van der Waals surface area contributed by atoms with E-state index in [4.69, 9.17) is 28.4 Å². The van der Waals surface area contributed by atoms with Crippen molar-refractivity contribution < 1.29 is 89.4 Å². The van der Waals surface area contributed by atoms with Crippen molar-refractivity contribution in [2.75, 3.05) is 26.4 Å². The lowest BCUT2D eigenvalue weighted by Crippen LogP contribution is -2.66. The molecule has 17 atom stereocenters. The molecule has 3 rings (SSSR count). The van der Waals surface area contributed by atoms with Crippen LogP contribution in [0.3, 0.4) is 0 Å². The van der Waals surface area contributed by atoms with Gasteiger partial charge in [-0.3, -0.25) is 4.79 Å². The zero-order chi connectivity index (χ0) is 76.7. The van der Waals surface area contributed by atoms with Crippen LogP contribution in [-0.2, 0) is 33.2 Å². The van der Waals surface area contributed by atoms with Crippen molar-refractivity contribution in [3.63, 3.8) is 0 Å². The van der Waals surface area contributed by atoms with Gasteiger partial charge in [0.25, 0.3) is 0 Å². The first kappa shape index (κ1) is 96.6. The van der Waals surface area contributed by atoms with Crippen LogP contribution in [0.15, 0.2) is 109 Å². The molecule has 0 aromatic heterocycles. The normalized spacial score (nSPS) is 26.2. The predicted octanol–water partition coefficient (Wildman–Crippen LogP) is 14.9. The van der Waals surface area contributed by atoms with E-state index in [1.807, 2.05) is 0 Å². The van der Waals surface area contributed by atoms with Gasteiger partial charge in [0.1, 0.15) is 73.2 Å². The number of carbonyl (C=O) groups is 1. The van der Waals surface area contributed by atoms with Crippen LogP contribution >= 0.6 is 0 Å². The number of ether oxygens (including phenoxy) is 6. The van der Waals surface area contributed by atoms with Gasteiger partial charge in [0.05, 0.1) is 38.6 Å². The molecule has 0 radical (unpaired) electrons. The molecule has 19 nitrogen and oxygen atoms in total. The molecule has 3 aliphatic rings. The maximum atomic E-state index is 13.5. The predicted molar refractivity (Wildman–Crippen MR) is 424 cm³/mol. The Morgan fingerprint density at radius 2 is 0.651 bits per heavy atom. The fourth-order valence-electron chi connectivity index (χ4n) is 13.7. The van der Waals surface area contributed by atoms with Crippen molar-refractivity contribution in [2.24, 2.45) is 0 Å². The number of rotatable bonds is 66. The third kappa shape index (κ3) is 45.1. The van der Waals surface area contributed by atoms with E-state index in [1.165, 1.54) is 154 Å². The standard InChI is InChI=1S/C87H151NO18/c1-3-5-7-9-11-13-15-17-19-21-23-25-27-29-31-33-34-35-36-37-39-41-43-45-47-49-51-53-55-57-59-61-63-65-75(93)88-70(71(92)64-62-60-58-56-54-52-50-48-46-44-42-40-38-32-30-28-26-24-22-20-18-16-14-12-10-8-6-4-2)69-101-85-81(99)78(96)83(73(67-90)103-85)106-87-82(100)79(97)84(74(68-91)104-87)105-86-80(98)77(95)76(94)72(66-89)102-86/h5,7,11,13,17,19,23,25,29,31,34-35,37,39,43,45,49,51,70-74,76-87,89-92,94-100H,3-4,6,8-10,12,14-16,18,20-22,24,26-28,30,32-33,36,38,40-42,44,46-48,50,52-69H2,1-2H3,(H,88,93)/b7-5-,13-11-,19-17-,25-23-,31-29-,35-34-,39-37-,45-43-,51-49-. The molecule has 0 aromatic rings. The number of hydrogen-bond donors (Lipinski definition) is 12. The summed E-state index contributed by atoms with van der Waals surface area (Å²) in [6, 6.07) is -0.908. The Hall–Kier alpha value is -3.55. The molecule has 106 heavy (non-hydrogen) atoms. The minimum absolute atomic E-state index is 0.237. The Morgan fingerprint density at radius 3 is 1.02 bits per heavy atom. The monoisotopic (exact) mass is 1500 g/mol. The lowest BCUT2D eigenvalue weighted by atomic mass is 9.96. The summed E-state index contributed by atoms with van der Waals surface area (Å²) in [5.74, 6) is -0.263. The number of hydrogen-bond acceptors (Lipinski definition) is 18.